The summed E-state index contributed by atoms with van der Waals surface area (Å²) < 4.78 is 11.5. The molecular weight excluding hydrogens is 240 g/mol. The molecule has 1 unspecified atom stereocenters. The number of rotatable bonds is 3. The Hall–Kier alpha value is -1.81. The normalized spacial score (nSPS) is 19.5. The van der Waals surface area contributed by atoms with Gasteiger partial charge in [-0.05, 0) is 43.5 Å². The van der Waals surface area contributed by atoms with Crippen LogP contribution in [0.25, 0.3) is 10.9 Å². The lowest BCUT2D eigenvalue weighted by Gasteiger charge is -2.22. The van der Waals surface area contributed by atoms with E-state index in [9.17, 15) is 0 Å². The van der Waals surface area contributed by atoms with Crippen LogP contribution in [-0.4, -0.2) is 24.3 Å². The van der Waals surface area contributed by atoms with Gasteiger partial charge >= 0.3 is 0 Å². The lowest BCUT2D eigenvalue weighted by atomic mass is 10.1. The molecule has 1 aromatic heterocycles. The average Bonchev–Trinajstić information content (AvgIpc) is 2.48. The molecule has 1 atom stereocenters. The van der Waals surface area contributed by atoms with Gasteiger partial charge in [0.25, 0.3) is 0 Å². The first-order valence-corrected chi connectivity index (χ1v) is 6.72. The van der Waals surface area contributed by atoms with Crippen molar-refractivity contribution in [2.24, 2.45) is 0 Å². The van der Waals surface area contributed by atoms with Crippen molar-refractivity contribution >= 4 is 16.6 Å². The van der Waals surface area contributed by atoms with Crippen molar-refractivity contribution in [3.8, 4) is 5.75 Å². The fourth-order valence-corrected chi connectivity index (χ4v) is 2.41. The topological polar surface area (TPSA) is 57.4 Å². The highest BCUT2D eigenvalue weighted by molar-refractivity contribution is 5.94. The van der Waals surface area contributed by atoms with E-state index in [0.29, 0.717) is 6.61 Å². The Labute approximate surface area is 112 Å². The molecule has 0 radical (unpaired) electrons. The second-order valence-corrected chi connectivity index (χ2v) is 4.85. The zero-order valence-electron chi connectivity index (χ0n) is 10.8. The van der Waals surface area contributed by atoms with Crippen LogP contribution in [-0.2, 0) is 4.74 Å². The zero-order valence-corrected chi connectivity index (χ0v) is 10.8. The van der Waals surface area contributed by atoms with E-state index in [0.717, 1.165) is 41.8 Å². The SMILES string of the molecule is Nc1ccc(OCC2CCCCO2)c2ncccc12. The van der Waals surface area contributed by atoms with Crippen LogP contribution in [0.2, 0.25) is 0 Å². The molecule has 1 saturated heterocycles. The number of nitrogens with two attached hydrogens (primary N) is 1. The van der Waals surface area contributed by atoms with Gasteiger partial charge in [0.1, 0.15) is 17.9 Å². The molecular formula is C15H18N2O2. The highest BCUT2D eigenvalue weighted by Crippen LogP contribution is 2.28. The van der Waals surface area contributed by atoms with Crippen LogP contribution >= 0.6 is 0 Å². The number of anilines is 1. The van der Waals surface area contributed by atoms with E-state index in [1.54, 1.807) is 6.20 Å². The molecule has 100 valence electrons. The average molecular weight is 258 g/mol. The molecule has 0 bridgehead atoms. The predicted molar refractivity (Wildman–Crippen MR) is 75.2 cm³/mol. The predicted octanol–water partition coefficient (Wildman–Crippen LogP) is 2.76. The van der Waals surface area contributed by atoms with E-state index >= 15 is 0 Å². The van der Waals surface area contributed by atoms with E-state index in [1.807, 2.05) is 24.3 Å². The summed E-state index contributed by atoms with van der Waals surface area (Å²) in [6, 6.07) is 7.59. The van der Waals surface area contributed by atoms with Gasteiger partial charge in [0.05, 0.1) is 6.10 Å². The van der Waals surface area contributed by atoms with Gasteiger partial charge in [-0.1, -0.05) is 0 Å². The maximum atomic E-state index is 5.94. The molecule has 19 heavy (non-hydrogen) atoms. The first-order valence-electron chi connectivity index (χ1n) is 6.72. The third kappa shape index (κ3) is 2.63. The molecule has 2 aromatic rings. The van der Waals surface area contributed by atoms with Crippen LogP contribution in [0.4, 0.5) is 5.69 Å². The summed E-state index contributed by atoms with van der Waals surface area (Å²) in [4.78, 5) is 4.36. The minimum Gasteiger partial charge on any atom is -0.489 e. The molecule has 4 nitrogen and oxygen atoms in total. The van der Waals surface area contributed by atoms with Crippen LogP contribution < -0.4 is 10.5 Å². The van der Waals surface area contributed by atoms with Gasteiger partial charge < -0.3 is 15.2 Å². The number of benzene rings is 1. The molecule has 1 aromatic carbocycles. The number of nitrogen functional groups attached to an aromatic ring is 1. The second-order valence-electron chi connectivity index (χ2n) is 4.85. The number of fused-ring (bicyclic) bond motifs is 1. The summed E-state index contributed by atoms with van der Waals surface area (Å²) in [7, 11) is 0. The maximum Gasteiger partial charge on any atom is 0.145 e. The zero-order chi connectivity index (χ0) is 13.1. The summed E-state index contributed by atoms with van der Waals surface area (Å²) in [5, 5.41) is 0.935. The summed E-state index contributed by atoms with van der Waals surface area (Å²) in [6.45, 7) is 1.42. The van der Waals surface area contributed by atoms with Crippen LogP contribution in [0.1, 0.15) is 19.3 Å². The minimum absolute atomic E-state index is 0.199. The monoisotopic (exact) mass is 258 g/mol. The van der Waals surface area contributed by atoms with E-state index in [2.05, 4.69) is 4.98 Å². The van der Waals surface area contributed by atoms with Gasteiger partial charge in [0.15, 0.2) is 0 Å². The first-order chi connectivity index (χ1) is 9.34. The Kier molecular flexibility index (Phi) is 3.51. The summed E-state index contributed by atoms with van der Waals surface area (Å²) in [5.74, 6) is 0.777. The van der Waals surface area contributed by atoms with Gasteiger partial charge in [-0.2, -0.15) is 0 Å². The van der Waals surface area contributed by atoms with E-state index in [4.69, 9.17) is 15.2 Å². The quantitative estimate of drug-likeness (QED) is 0.860. The highest BCUT2D eigenvalue weighted by Gasteiger charge is 2.15. The van der Waals surface area contributed by atoms with E-state index in [1.165, 1.54) is 6.42 Å². The van der Waals surface area contributed by atoms with Crippen molar-refractivity contribution in [2.45, 2.75) is 25.4 Å². The molecule has 3 rings (SSSR count). The maximum absolute atomic E-state index is 5.94. The Balaban J connectivity index is 1.79. The Morgan fingerprint density at radius 3 is 3.11 bits per heavy atom. The molecule has 0 aliphatic carbocycles. The van der Waals surface area contributed by atoms with Crippen LogP contribution in [0.15, 0.2) is 30.5 Å². The fourth-order valence-electron chi connectivity index (χ4n) is 2.41. The molecule has 0 amide bonds. The number of hydrogen-bond acceptors (Lipinski definition) is 4. The number of ether oxygens (including phenoxy) is 2. The molecule has 0 spiro atoms. The van der Waals surface area contributed by atoms with Crippen LogP contribution in [0, 0.1) is 0 Å². The number of nitrogens with zero attached hydrogens (tertiary/aromatic N) is 1. The molecule has 0 saturated carbocycles. The Morgan fingerprint density at radius 1 is 1.32 bits per heavy atom. The molecule has 1 aliphatic heterocycles. The van der Waals surface area contributed by atoms with Crippen molar-refractivity contribution in [3.63, 3.8) is 0 Å². The lowest BCUT2D eigenvalue weighted by molar-refractivity contribution is -0.0108. The minimum atomic E-state index is 0.199. The number of pyridine rings is 1. The molecule has 2 heterocycles. The number of hydrogen-bond donors (Lipinski definition) is 1. The van der Waals surface area contributed by atoms with Gasteiger partial charge in [-0.3, -0.25) is 4.98 Å². The van der Waals surface area contributed by atoms with Crippen molar-refractivity contribution in [1.29, 1.82) is 0 Å². The smallest absolute Gasteiger partial charge is 0.145 e. The van der Waals surface area contributed by atoms with Crippen LogP contribution in [0.3, 0.4) is 0 Å². The molecule has 1 aliphatic rings. The van der Waals surface area contributed by atoms with Crippen molar-refractivity contribution in [3.05, 3.63) is 30.5 Å². The third-order valence-corrected chi connectivity index (χ3v) is 3.47. The van der Waals surface area contributed by atoms with E-state index in [-0.39, 0.29) is 6.10 Å². The number of aromatic nitrogens is 1. The van der Waals surface area contributed by atoms with Crippen LogP contribution in [0.5, 0.6) is 5.75 Å². The van der Waals surface area contributed by atoms with Crippen molar-refractivity contribution in [2.75, 3.05) is 18.9 Å². The summed E-state index contributed by atoms with van der Waals surface area (Å²) in [6.07, 6.45) is 5.40. The molecule has 4 heteroatoms. The van der Waals surface area contributed by atoms with Gasteiger partial charge in [0.2, 0.25) is 0 Å². The summed E-state index contributed by atoms with van der Waals surface area (Å²) >= 11 is 0. The van der Waals surface area contributed by atoms with Gasteiger partial charge in [-0.15, -0.1) is 0 Å². The van der Waals surface area contributed by atoms with E-state index < -0.39 is 0 Å². The summed E-state index contributed by atoms with van der Waals surface area (Å²) in [5.41, 5.74) is 7.49. The first kappa shape index (κ1) is 12.2. The lowest BCUT2D eigenvalue weighted by Crippen LogP contribution is -2.25. The molecule has 1 fully saturated rings. The molecule has 2 N–H and O–H groups in total. The van der Waals surface area contributed by atoms with Gasteiger partial charge in [0, 0.05) is 23.9 Å². The Bertz CT molecular complexity index is 565. The second kappa shape index (κ2) is 5.45. The fraction of sp³-hybridized carbons (Fsp3) is 0.400. The third-order valence-electron chi connectivity index (χ3n) is 3.47. The largest absolute Gasteiger partial charge is 0.489 e. The Morgan fingerprint density at radius 2 is 2.26 bits per heavy atom. The highest BCUT2D eigenvalue weighted by atomic mass is 16.5. The van der Waals surface area contributed by atoms with Gasteiger partial charge in [-0.25, -0.2) is 0 Å². The van der Waals surface area contributed by atoms with Crippen molar-refractivity contribution in [1.82, 2.24) is 4.98 Å². The van der Waals surface area contributed by atoms with Crippen molar-refractivity contribution < 1.29 is 9.47 Å². The standard InChI is InChI=1S/C15H18N2O2/c16-13-6-7-14(15-12(13)5-3-8-17-15)19-10-11-4-1-2-9-18-11/h3,5-8,11H,1-2,4,9-10,16H2.